The number of hydrogen-bond acceptors (Lipinski definition) is 4. The first-order valence-corrected chi connectivity index (χ1v) is 7.80. The van der Waals surface area contributed by atoms with Crippen molar-refractivity contribution >= 4 is 10.0 Å². The second-order valence-electron chi connectivity index (χ2n) is 4.42. The van der Waals surface area contributed by atoms with Crippen LogP contribution in [0, 0.1) is 6.92 Å². The van der Waals surface area contributed by atoms with Crippen molar-refractivity contribution in [3.63, 3.8) is 0 Å². The average Bonchev–Trinajstić information content (AvgIpc) is 2.37. The zero-order valence-corrected chi connectivity index (χ0v) is 12.5. The summed E-state index contributed by atoms with van der Waals surface area (Å²) >= 11 is 0. The highest BCUT2D eigenvalue weighted by Crippen LogP contribution is 2.16. The van der Waals surface area contributed by atoms with E-state index in [1.165, 1.54) is 0 Å². The summed E-state index contributed by atoms with van der Waals surface area (Å²) < 4.78 is 32.3. The van der Waals surface area contributed by atoms with Gasteiger partial charge in [0.25, 0.3) is 0 Å². The number of nitrogens with one attached hydrogen (secondary N) is 1. The van der Waals surface area contributed by atoms with Crippen LogP contribution in [0.25, 0.3) is 0 Å². The van der Waals surface area contributed by atoms with Crippen molar-refractivity contribution in [1.29, 1.82) is 0 Å². The molecule has 3 N–H and O–H groups in total. The van der Waals surface area contributed by atoms with Crippen molar-refractivity contribution in [2.24, 2.45) is 5.73 Å². The monoisotopic (exact) mass is 286 g/mol. The van der Waals surface area contributed by atoms with Gasteiger partial charge in [0.15, 0.2) is 0 Å². The Balaban J connectivity index is 2.88. The van der Waals surface area contributed by atoms with Crippen LogP contribution in [0.5, 0.6) is 0 Å². The Bertz CT molecular complexity index is 515. The van der Waals surface area contributed by atoms with E-state index >= 15 is 0 Å². The maximum absolute atomic E-state index is 12.2. The summed E-state index contributed by atoms with van der Waals surface area (Å²) in [6.07, 6.45) is -0.155. The maximum Gasteiger partial charge on any atom is 0.240 e. The molecule has 0 aliphatic carbocycles. The third-order valence-electron chi connectivity index (χ3n) is 2.79. The Morgan fingerprint density at radius 3 is 2.68 bits per heavy atom. The molecule has 0 amide bonds. The number of sulfonamides is 1. The van der Waals surface area contributed by atoms with Gasteiger partial charge < -0.3 is 10.5 Å². The quantitative estimate of drug-likeness (QED) is 0.788. The molecule has 0 fully saturated rings. The Hall–Kier alpha value is -0.950. The molecule has 0 bridgehead atoms. The molecular weight excluding hydrogens is 264 g/mol. The first-order chi connectivity index (χ1) is 8.90. The normalized spacial score (nSPS) is 13.5. The summed E-state index contributed by atoms with van der Waals surface area (Å²) in [6.45, 7) is 6.60. The second kappa shape index (κ2) is 7.00. The van der Waals surface area contributed by atoms with E-state index in [0.29, 0.717) is 18.7 Å². The lowest BCUT2D eigenvalue weighted by molar-refractivity contribution is 0.0799. The molecule has 1 aromatic carbocycles. The number of benzene rings is 1. The van der Waals surface area contributed by atoms with Gasteiger partial charge in [0, 0.05) is 19.7 Å². The van der Waals surface area contributed by atoms with Crippen LogP contribution >= 0.6 is 0 Å². The number of aryl methyl sites for hydroxylation is 1. The summed E-state index contributed by atoms with van der Waals surface area (Å²) in [5.41, 5.74) is 7.04. The fourth-order valence-electron chi connectivity index (χ4n) is 1.71. The van der Waals surface area contributed by atoms with Crippen LogP contribution < -0.4 is 10.5 Å². The summed E-state index contributed by atoms with van der Waals surface area (Å²) in [4.78, 5) is 0.277. The van der Waals surface area contributed by atoms with Crippen LogP contribution in [0.4, 0.5) is 0 Å². The molecule has 0 spiro atoms. The van der Waals surface area contributed by atoms with Crippen LogP contribution in [0.15, 0.2) is 23.1 Å². The molecule has 1 rings (SSSR count). The van der Waals surface area contributed by atoms with Crippen molar-refractivity contribution < 1.29 is 13.2 Å². The Morgan fingerprint density at radius 2 is 2.11 bits per heavy atom. The van der Waals surface area contributed by atoms with E-state index in [1.54, 1.807) is 19.1 Å². The molecule has 0 aliphatic rings. The molecule has 108 valence electrons. The Kier molecular flexibility index (Phi) is 5.93. The average molecular weight is 286 g/mol. The first-order valence-electron chi connectivity index (χ1n) is 6.31. The van der Waals surface area contributed by atoms with E-state index in [-0.39, 0.29) is 17.5 Å². The molecule has 5 nitrogen and oxygen atoms in total. The number of hydrogen-bond donors (Lipinski definition) is 2. The molecule has 0 radical (unpaired) electrons. The molecule has 0 aliphatic heterocycles. The van der Waals surface area contributed by atoms with Crippen LogP contribution in [-0.4, -0.2) is 27.7 Å². The van der Waals surface area contributed by atoms with Gasteiger partial charge in [0.1, 0.15) is 0 Å². The number of nitrogens with two attached hydrogens (primary N) is 1. The van der Waals surface area contributed by atoms with Crippen LogP contribution in [-0.2, 0) is 21.3 Å². The predicted molar refractivity (Wildman–Crippen MR) is 75.3 cm³/mol. The molecule has 6 heteroatoms. The van der Waals surface area contributed by atoms with E-state index in [0.717, 1.165) is 5.56 Å². The summed E-state index contributed by atoms with van der Waals surface area (Å²) in [6, 6.07) is 5.21. The molecule has 0 saturated heterocycles. The molecule has 0 heterocycles. The van der Waals surface area contributed by atoms with Crippen molar-refractivity contribution in [2.75, 3.05) is 13.2 Å². The number of rotatable bonds is 7. The standard InChI is InChI=1S/C13H22N2O3S/c1-4-18-11(3)9-15-19(16,17)13-7-12(8-14)6-5-10(13)2/h5-7,11,15H,4,8-9,14H2,1-3H3. The van der Waals surface area contributed by atoms with Crippen molar-refractivity contribution in [3.8, 4) is 0 Å². The summed E-state index contributed by atoms with van der Waals surface area (Å²) in [7, 11) is -3.52. The highest BCUT2D eigenvalue weighted by molar-refractivity contribution is 7.89. The van der Waals surface area contributed by atoms with Gasteiger partial charge in [0.05, 0.1) is 11.0 Å². The summed E-state index contributed by atoms with van der Waals surface area (Å²) in [5, 5.41) is 0. The topological polar surface area (TPSA) is 81.4 Å². The third kappa shape index (κ3) is 4.58. The zero-order chi connectivity index (χ0) is 14.5. The fraction of sp³-hybridized carbons (Fsp3) is 0.538. The molecule has 1 unspecified atom stereocenters. The third-order valence-corrected chi connectivity index (χ3v) is 4.36. The minimum absolute atomic E-state index is 0.155. The van der Waals surface area contributed by atoms with Crippen molar-refractivity contribution in [3.05, 3.63) is 29.3 Å². The van der Waals surface area contributed by atoms with Crippen LogP contribution in [0.1, 0.15) is 25.0 Å². The lowest BCUT2D eigenvalue weighted by Gasteiger charge is -2.14. The minimum atomic E-state index is -3.52. The van der Waals surface area contributed by atoms with E-state index < -0.39 is 10.0 Å². The van der Waals surface area contributed by atoms with Gasteiger partial charge in [-0.1, -0.05) is 12.1 Å². The lowest BCUT2D eigenvalue weighted by atomic mass is 10.1. The largest absolute Gasteiger partial charge is 0.377 e. The van der Waals surface area contributed by atoms with Crippen LogP contribution in [0.2, 0.25) is 0 Å². The van der Waals surface area contributed by atoms with Crippen LogP contribution in [0.3, 0.4) is 0 Å². The fourth-order valence-corrected chi connectivity index (χ4v) is 3.12. The maximum atomic E-state index is 12.2. The molecule has 0 aromatic heterocycles. The van der Waals surface area contributed by atoms with Gasteiger partial charge in [-0.15, -0.1) is 0 Å². The minimum Gasteiger partial charge on any atom is -0.377 e. The molecule has 1 atom stereocenters. The number of ether oxygens (including phenoxy) is 1. The van der Waals surface area contributed by atoms with E-state index in [4.69, 9.17) is 10.5 Å². The molecule has 19 heavy (non-hydrogen) atoms. The summed E-state index contributed by atoms with van der Waals surface area (Å²) in [5.74, 6) is 0. The van der Waals surface area contributed by atoms with Gasteiger partial charge in [0.2, 0.25) is 10.0 Å². The molecule has 1 aromatic rings. The van der Waals surface area contributed by atoms with E-state index in [1.807, 2.05) is 19.9 Å². The highest BCUT2D eigenvalue weighted by Gasteiger charge is 2.18. The molecular formula is C13H22N2O3S. The molecule has 0 saturated carbocycles. The van der Waals surface area contributed by atoms with Gasteiger partial charge in [-0.25, -0.2) is 13.1 Å². The smallest absolute Gasteiger partial charge is 0.240 e. The highest BCUT2D eigenvalue weighted by atomic mass is 32.2. The first kappa shape index (κ1) is 16.1. The Labute approximate surface area is 115 Å². The van der Waals surface area contributed by atoms with E-state index in [9.17, 15) is 8.42 Å². The second-order valence-corrected chi connectivity index (χ2v) is 6.16. The Morgan fingerprint density at radius 1 is 1.42 bits per heavy atom. The van der Waals surface area contributed by atoms with Gasteiger partial charge in [-0.05, 0) is 38.0 Å². The lowest BCUT2D eigenvalue weighted by Crippen LogP contribution is -2.32. The van der Waals surface area contributed by atoms with Crippen molar-refractivity contribution in [1.82, 2.24) is 4.72 Å². The zero-order valence-electron chi connectivity index (χ0n) is 11.6. The SMILES string of the molecule is CCOC(C)CNS(=O)(=O)c1cc(CN)ccc1C. The van der Waals surface area contributed by atoms with Gasteiger partial charge in [-0.2, -0.15) is 0 Å². The van der Waals surface area contributed by atoms with Gasteiger partial charge in [-0.3, -0.25) is 0 Å². The van der Waals surface area contributed by atoms with Gasteiger partial charge >= 0.3 is 0 Å². The van der Waals surface area contributed by atoms with E-state index in [2.05, 4.69) is 4.72 Å². The van der Waals surface area contributed by atoms with Crippen molar-refractivity contribution in [2.45, 2.75) is 38.3 Å². The predicted octanol–water partition coefficient (Wildman–Crippen LogP) is 1.16.